The van der Waals surface area contributed by atoms with Crippen molar-refractivity contribution in [1.29, 1.82) is 0 Å². The van der Waals surface area contributed by atoms with Gasteiger partial charge in [-0.05, 0) is 6.42 Å². The molecule has 1 aliphatic carbocycles. The molecule has 42 valence electrons. The summed E-state index contributed by atoms with van der Waals surface area (Å²) in [6.45, 7) is 0. The van der Waals surface area contributed by atoms with Gasteiger partial charge in [-0.3, -0.25) is 4.55 Å². The van der Waals surface area contributed by atoms with Gasteiger partial charge in [-0.1, -0.05) is 12.2 Å². The van der Waals surface area contributed by atoms with E-state index in [0.29, 0.717) is 0 Å². The average molecular weight is 122 g/mol. The molecule has 0 aliphatic heterocycles. The molecule has 0 fully saturated rings. The van der Waals surface area contributed by atoms with Crippen LogP contribution >= 0.6 is 0 Å². The van der Waals surface area contributed by atoms with Crippen LogP contribution in [0.15, 0.2) is 12.2 Å². The van der Waals surface area contributed by atoms with Crippen LogP contribution in [0.3, 0.4) is 0 Å². The van der Waals surface area contributed by atoms with Crippen molar-refractivity contribution in [2.75, 3.05) is 0 Å². The first-order valence-corrected chi connectivity index (χ1v) is 2.85. The highest BCUT2D eigenvalue weighted by Crippen LogP contribution is 1.96. The van der Waals surface area contributed by atoms with Crippen LogP contribution < -0.4 is 0 Å². The molecule has 0 spiro atoms. The molecule has 0 unspecified atom stereocenters. The van der Waals surface area contributed by atoms with Crippen LogP contribution in [-0.2, 0) is 11.0 Å². The van der Waals surface area contributed by atoms with Gasteiger partial charge in [0.05, 0.1) is 0 Å². The van der Waals surface area contributed by atoms with Crippen molar-refractivity contribution in [3.05, 3.63) is 12.2 Å². The van der Waals surface area contributed by atoms with E-state index in [1.807, 2.05) is 0 Å². The summed E-state index contributed by atoms with van der Waals surface area (Å²) in [5.74, 6) is 0. The van der Waals surface area contributed by atoms with E-state index in [4.69, 9.17) is 13.0 Å². The van der Waals surface area contributed by atoms with Gasteiger partial charge in [0.15, 0.2) is 0 Å². The SMILES string of the molecule is C1=CC1.O=[SH](=O)O. The normalized spacial score (nSPS) is 12.9. The Labute approximate surface area is 43.4 Å². The van der Waals surface area contributed by atoms with Crippen molar-refractivity contribution in [3.8, 4) is 0 Å². The largest absolute Gasteiger partial charge is 0.288 e. The second kappa shape index (κ2) is 3.83. The molecule has 3 nitrogen and oxygen atoms in total. The lowest BCUT2D eigenvalue weighted by atomic mass is 10.9. The first-order chi connectivity index (χ1) is 3.23. The zero-order chi connectivity index (χ0) is 5.70. The molecule has 1 N–H and O–H groups in total. The van der Waals surface area contributed by atoms with Crippen molar-refractivity contribution in [2.45, 2.75) is 6.42 Å². The Bertz CT molecular complexity index is 112. The predicted molar refractivity (Wildman–Crippen MR) is 26.7 cm³/mol. The third kappa shape index (κ3) is 178. The highest BCUT2D eigenvalue weighted by Gasteiger charge is 1.75. The van der Waals surface area contributed by atoms with E-state index in [-0.39, 0.29) is 0 Å². The molecular weight excluding hydrogens is 116 g/mol. The monoisotopic (exact) mass is 122 g/mol. The van der Waals surface area contributed by atoms with Crippen molar-refractivity contribution in [1.82, 2.24) is 0 Å². The van der Waals surface area contributed by atoms with Gasteiger partial charge in [0.25, 0.3) is 11.0 Å². The maximum absolute atomic E-state index is 8.59. The first-order valence-electron chi connectivity index (χ1n) is 1.71. The number of hydrogen-bond acceptors (Lipinski definition) is 2. The minimum atomic E-state index is -3.12. The van der Waals surface area contributed by atoms with Gasteiger partial charge in [0.1, 0.15) is 0 Å². The minimum Gasteiger partial charge on any atom is -0.288 e. The maximum Gasteiger partial charge on any atom is 0.254 e. The van der Waals surface area contributed by atoms with E-state index in [1.165, 1.54) is 6.42 Å². The third-order valence-corrected chi connectivity index (χ3v) is 0.236. The van der Waals surface area contributed by atoms with Crippen LogP contribution in [-0.4, -0.2) is 13.0 Å². The zero-order valence-corrected chi connectivity index (χ0v) is 4.47. The van der Waals surface area contributed by atoms with Crippen molar-refractivity contribution in [3.63, 3.8) is 0 Å². The van der Waals surface area contributed by atoms with Crippen LogP contribution in [0.2, 0.25) is 0 Å². The molecule has 1 aliphatic rings. The van der Waals surface area contributed by atoms with E-state index in [2.05, 4.69) is 12.2 Å². The lowest BCUT2D eigenvalue weighted by molar-refractivity contribution is 0.509. The molecule has 0 bridgehead atoms. The van der Waals surface area contributed by atoms with Crippen LogP contribution in [0.4, 0.5) is 0 Å². The predicted octanol–water partition coefficient (Wildman–Crippen LogP) is 0.0171. The van der Waals surface area contributed by atoms with Crippen molar-refractivity contribution >= 4 is 11.0 Å². The summed E-state index contributed by atoms with van der Waals surface area (Å²) in [5, 5.41) is 0. The lowest BCUT2D eigenvalue weighted by Crippen LogP contribution is -1.58. The highest BCUT2D eigenvalue weighted by molar-refractivity contribution is 7.66. The second-order valence-corrected chi connectivity index (χ2v) is 1.42. The summed E-state index contributed by atoms with van der Waals surface area (Å²) in [6.07, 6.45) is 5.50. The fraction of sp³-hybridized carbons (Fsp3) is 0.333. The van der Waals surface area contributed by atoms with Crippen LogP contribution in [0.1, 0.15) is 6.42 Å². The van der Waals surface area contributed by atoms with Crippen molar-refractivity contribution < 1.29 is 13.0 Å². The van der Waals surface area contributed by atoms with Gasteiger partial charge in [0, 0.05) is 0 Å². The quantitative estimate of drug-likeness (QED) is 0.270. The zero-order valence-electron chi connectivity index (χ0n) is 3.57. The Balaban J connectivity index is 0.000000105. The molecule has 0 saturated heterocycles. The number of allylic oxidation sites excluding steroid dienone is 2. The molecule has 0 radical (unpaired) electrons. The number of thiol groups is 1. The average Bonchev–Trinajstić information content (AvgIpc) is 2.02. The van der Waals surface area contributed by atoms with E-state index >= 15 is 0 Å². The maximum atomic E-state index is 8.59. The van der Waals surface area contributed by atoms with Gasteiger partial charge in [0.2, 0.25) is 0 Å². The van der Waals surface area contributed by atoms with Crippen molar-refractivity contribution in [2.24, 2.45) is 0 Å². The molecular formula is C3H6O3S. The van der Waals surface area contributed by atoms with E-state index in [0.717, 1.165) is 0 Å². The van der Waals surface area contributed by atoms with Crippen LogP contribution in [0.5, 0.6) is 0 Å². The Morgan fingerprint density at radius 2 is 1.57 bits per heavy atom. The molecule has 0 saturated carbocycles. The van der Waals surface area contributed by atoms with Gasteiger partial charge in [-0.25, -0.2) is 8.42 Å². The Morgan fingerprint density at radius 3 is 1.57 bits per heavy atom. The molecule has 0 amide bonds. The summed E-state index contributed by atoms with van der Waals surface area (Å²) in [5.41, 5.74) is 0. The summed E-state index contributed by atoms with van der Waals surface area (Å²) in [4.78, 5) is 0. The molecule has 0 heterocycles. The van der Waals surface area contributed by atoms with Gasteiger partial charge in [-0.2, -0.15) is 0 Å². The van der Waals surface area contributed by atoms with E-state index in [1.54, 1.807) is 0 Å². The topological polar surface area (TPSA) is 54.4 Å². The second-order valence-electron chi connectivity index (χ2n) is 0.945. The smallest absolute Gasteiger partial charge is 0.254 e. The van der Waals surface area contributed by atoms with Crippen LogP contribution in [0.25, 0.3) is 0 Å². The van der Waals surface area contributed by atoms with Gasteiger partial charge >= 0.3 is 0 Å². The summed E-state index contributed by atoms with van der Waals surface area (Å²) >= 11 is 0. The number of rotatable bonds is 0. The number of hydrogen-bond donors (Lipinski definition) is 2. The molecule has 0 atom stereocenters. The molecule has 0 aromatic rings. The Kier molecular flexibility index (Phi) is 3.64. The molecule has 0 aromatic heterocycles. The van der Waals surface area contributed by atoms with E-state index < -0.39 is 11.0 Å². The molecule has 1 rings (SSSR count). The summed E-state index contributed by atoms with van der Waals surface area (Å²) in [7, 11) is -3.12. The van der Waals surface area contributed by atoms with Gasteiger partial charge < -0.3 is 0 Å². The standard InChI is InChI=1S/C3H4.H2O3S/c1-2-3-1;1-4(2)3/h1-2H,3H2;4H,(H,1,2,3). The minimum absolute atomic E-state index is 1.25. The molecule has 4 heteroatoms. The Hall–Kier alpha value is -0.350. The van der Waals surface area contributed by atoms with E-state index in [9.17, 15) is 0 Å². The van der Waals surface area contributed by atoms with Crippen LogP contribution in [0, 0.1) is 0 Å². The lowest BCUT2D eigenvalue weighted by Gasteiger charge is -1.43. The fourth-order valence-corrected chi connectivity index (χ4v) is 0. The van der Waals surface area contributed by atoms with Gasteiger partial charge in [-0.15, -0.1) is 0 Å². The fourth-order valence-electron chi connectivity index (χ4n) is 0. The summed E-state index contributed by atoms with van der Waals surface area (Å²) < 4.78 is 24.2. The molecule has 7 heavy (non-hydrogen) atoms. The summed E-state index contributed by atoms with van der Waals surface area (Å²) in [6, 6.07) is 0. The molecule has 0 aromatic carbocycles. The Morgan fingerprint density at radius 1 is 1.43 bits per heavy atom. The third-order valence-electron chi connectivity index (χ3n) is 0.236. The highest BCUT2D eigenvalue weighted by atomic mass is 32.2. The first kappa shape index (κ1) is 6.65.